The fourth-order valence-electron chi connectivity index (χ4n) is 3.07. The summed E-state index contributed by atoms with van der Waals surface area (Å²) < 4.78 is 0. The van der Waals surface area contributed by atoms with Gasteiger partial charge in [0.1, 0.15) is 5.82 Å². The average molecular weight is 323 g/mol. The van der Waals surface area contributed by atoms with Crippen molar-refractivity contribution in [2.75, 3.05) is 16.8 Å². The number of anilines is 2. The molecule has 0 bridgehead atoms. The van der Waals surface area contributed by atoms with Crippen molar-refractivity contribution in [2.24, 2.45) is 5.92 Å². The molecule has 3 rings (SSSR count). The highest BCUT2D eigenvalue weighted by Gasteiger charge is 2.35. The zero-order valence-electron chi connectivity index (χ0n) is 14.2. The first-order chi connectivity index (χ1) is 11.4. The van der Waals surface area contributed by atoms with Crippen molar-refractivity contribution >= 4 is 23.3 Å². The number of carbonyl (C=O) groups is 2. The summed E-state index contributed by atoms with van der Waals surface area (Å²) in [6.45, 7) is 6.35. The Bertz CT molecular complexity index is 781. The lowest BCUT2D eigenvalue weighted by Gasteiger charge is -2.18. The number of amides is 2. The maximum atomic E-state index is 12.5. The molecule has 1 N–H and O–H groups in total. The third-order valence-electron chi connectivity index (χ3n) is 4.18. The van der Waals surface area contributed by atoms with E-state index < -0.39 is 0 Å². The minimum atomic E-state index is -0.361. The summed E-state index contributed by atoms with van der Waals surface area (Å²) in [6, 6.07) is 9.71. The van der Waals surface area contributed by atoms with E-state index in [4.69, 9.17) is 0 Å². The van der Waals surface area contributed by atoms with E-state index >= 15 is 0 Å². The van der Waals surface area contributed by atoms with E-state index in [0.29, 0.717) is 12.4 Å². The molecule has 1 fully saturated rings. The molecule has 1 aromatic carbocycles. The zero-order chi connectivity index (χ0) is 17.3. The summed E-state index contributed by atoms with van der Waals surface area (Å²) in [4.78, 5) is 30.6. The van der Waals surface area contributed by atoms with Crippen molar-refractivity contribution in [3.05, 3.63) is 53.2 Å². The molecule has 1 saturated heterocycles. The maximum absolute atomic E-state index is 12.5. The summed E-state index contributed by atoms with van der Waals surface area (Å²) in [5, 5.41) is 2.81. The minimum absolute atomic E-state index is 0.0163. The molecule has 0 radical (unpaired) electrons. The monoisotopic (exact) mass is 323 g/mol. The molecule has 1 atom stereocenters. The Kier molecular flexibility index (Phi) is 4.34. The first-order valence-corrected chi connectivity index (χ1v) is 8.04. The van der Waals surface area contributed by atoms with E-state index in [1.54, 1.807) is 11.1 Å². The van der Waals surface area contributed by atoms with Crippen molar-refractivity contribution in [1.82, 2.24) is 4.98 Å². The summed E-state index contributed by atoms with van der Waals surface area (Å²) in [5.74, 6) is -0.0105. The predicted molar refractivity (Wildman–Crippen MR) is 94.0 cm³/mol. The van der Waals surface area contributed by atoms with Gasteiger partial charge in [0.05, 0.1) is 5.92 Å². The van der Waals surface area contributed by atoms with E-state index in [0.717, 1.165) is 22.4 Å². The summed E-state index contributed by atoms with van der Waals surface area (Å²) in [7, 11) is 0. The van der Waals surface area contributed by atoms with E-state index in [1.165, 1.54) is 0 Å². The van der Waals surface area contributed by atoms with Crippen LogP contribution in [0.5, 0.6) is 0 Å². The van der Waals surface area contributed by atoms with Gasteiger partial charge < -0.3 is 10.2 Å². The number of hydrogen-bond acceptors (Lipinski definition) is 3. The standard InChI is InChI=1S/C19H21N3O2/c1-12-4-5-20-17(9-12)21-19(24)15-10-18(23)22(11-15)16-7-13(2)6-14(3)8-16/h4-9,15H,10-11H2,1-3H3,(H,20,21,24)/t15-/m0/s1. The lowest BCUT2D eigenvalue weighted by molar-refractivity contribution is -0.122. The van der Waals surface area contributed by atoms with Crippen LogP contribution < -0.4 is 10.2 Å². The van der Waals surface area contributed by atoms with Gasteiger partial charge in [0.2, 0.25) is 11.8 Å². The molecule has 2 heterocycles. The molecule has 1 aliphatic heterocycles. The Labute approximate surface area is 141 Å². The lowest BCUT2D eigenvalue weighted by atomic mass is 10.1. The third-order valence-corrected chi connectivity index (χ3v) is 4.18. The van der Waals surface area contributed by atoms with E-state index in [2.05, 4.69) is 16.4 Å². The van der Waals surface area contributed by atoms with Crippen LogP contribution in [0.25, 0.3) is 0 Å². The number of rotatable bonds is 3. The number of benzene rings is 1. The molecule has 0 saturated carbocycles. The van der Waals surface area contributed by atoms with Crippen LogP contribution in [0.15, 0.2) is 36.5 Å². The molecule has 24 heavy (non-hydrogen) atoms. The number of aryl methyl sites for hydroxylation is 3. The number of nitrogens with zero attached hydrogens (tertiary/aromatic N) is 2. The van der Waals surface area contributed by atoms with Gasteiger partial charge in [-0.05, 0) is 61.7 Å². The maximum Gasteiger partial charge on any atom is 0.230 e. The molecule has 5 heteroatoms. The van der Waals surface area contributed by atoms with Crippen molar-refractivity contribution in [3.8, 4) is 0 Å². The molecular formula is C19H21N3O2. The molecular weight excluding hydrogens is 302 g/mol. The molecule has 2 aromatic rings. The van der Waals surface area contributed by atoms with Crippen LogP contribution in [-0.4, -0.2) is 23.3 Å². The normalized spacial score (nSPS) is 17.2. The van der Waals surface area contributed by atoms with Crippen LogP contribution >= 0.6 is 0 Å². The smallest absolute Gasteiger partial charge is 0.230 e. The molecule has 0 aliphatic carbocycles. The van der Waals surface area contributed by atoms with Crippen molar-refractivity contribution in [1.29, 1.82) is 0 Å². The van der Waals surface area contributed by atoms with Gasteiger partial charge in [0.25, 0.3) is 0 Å². The molecule has 1 aromatic heterocycles. The van der Waals surface area contributed by atoms with Crippen LogP contribution in [0, 0.1) is 26.7 Å². The van der Waals surface area contributed by atoms with Crippen LogP contribution in [0.2, 0.25) is 0 Å². The van der Waals surface area contributed by atoms with Gasteiger partial charge in [-0.3, -0.25) is 9.59 Å². The highest BCUT2D eigenvalue weighted by Crippen LogP contribution is 2.27. The van der Waals surface area contributed by atoms with Gasteiger partial charge in [-0.25, -0.2) is 4.98 Å². The predicted octanol–water partition coefficient (Wildman–Crippen LogP) is 3.00. The fraction of sp³-hybridized carbons (Fsp3) is 0.316. The van der Waals surface area contributed by atoms with Crippen molar-refractivity contribution in [2.45, 2.75) is 27.2 Å². The third kappa shape index (κ3) is 3.45. The number of nitrogens with one attached hydrogen (secondary N) is 1. The molecule has 2 amide bonds. The summed E-state index contributed by atoms with van der Waals surface area (Å²) in [5.41, 5.74) is 4.10. The second-order valence-corrected chi connectivity index (χ2v) is 6.46. The number of hydrogen-bond donors (Lipinski definition) is 1. The topological polar surface area (TPSA) is 62.3 Å². The number of pyridine rings is 1. The van der Waals surface area contributed by atoms with Crippen molar-refractivity contribution in [3.63, 3.8) is 0 Å². The van der Waals surface area contributed by atoms with Gasteiger partial charge in [-0.1, -0.05) is 6.07 Å². The number of carbonyl (C=O) groups excluding carboxylic acids is 2. The SMILES string of the molecule is Cc1cc(C)cc(N2C[C@@H](C(=O)Nc3cc(C)ccn3)CC2=O)c1. The first kappa shape index (κ1) is 16.2. The molecule has 5 nitrogen and oxygen atoms in total. The molecule has 0 unspecified atom stereocenters. The molecule has 124 valence electrons. The highest BCUT2D eigenvalue weighted by atomic mass is 16.2. The Morgan fingerprint density at radius 2 is 1.83 bits per heavy atom. The Morgan fingerprint density at radius 3 is 2.50 bits per heavy atom. The van der Waals surface area contributed by atoms with Gasteiger partial charge in [-0.2, -0.15) is 0 Å². The molecule has 1 aliphatic rings. The van der Waals surface area contributed by atoms with E-state index in [1.807, 2.05) is 45.0 Å². The quantitative estimate of drug-likeness (QED) is 0.944. The van der Waals surface area contributed by atoms with Gasteiger partial charge in [-0.15, -0.1) is 0 Å². The largest absolute Gasteiger partial charge is 0.312 e. The fourth-order valence-corrected chi connectivity index (χ4v) is 3.07. The second kappa shape index (κ2) is 6.43. The van der Waals surface area contributed by atoms with Gasteiger partial charge >= 0.3 is 0 Å². The lowest BCUT2D eigenvalue weighted by Crippen LogP contribution is -2.28. The Hall–Kier alpha value is -2.69. The van der Waals surface area contributed by atoms with E-state index in [-0.39, 0.29) is 24.2 Å². The first-order valence-electron chi connectivity index (χ1n) is 8.04. The average Bonchev–Trinajstić information content (AvgIpc) is 2.88. The second-order valence-electron chi connectivity index (χ2n) is 6.46. The minimum Gasteiger partial charge on any atom is -0.312 e. The highest BCUT2D eigenvalue weighted by molar-refractivity contribution is 6.03. The van der Waals surface area contributed by atoms with Crippen LogP contribution in [-0.2, 0) is 9.59 Å². The Morgan fingerprint density at radius 1 is 1.12 bits per heavy atom. The van der Waals surface area contributed by atoms with Crippen LogP contribution in [0.3, 0.4) is 0 Å². The Balaban J connectivity index is 1.73. The summed E-state index contributed by atoms with van der Waals surface area (Å²) in [6.07, 6.45) is 1.89. The van der Waals surface area contributed by atoms with Crippen molar-refractivity contribution < 1.29 is 9.59 Å². The van der Waals surface area contributed by atoms with Crippen LogP contribution in [0.4, 0.5) is 11.5 Å². The zero-order valence-corrected chi connectivity index (χ0v) is 14.2. The summed E-state index contributed by atoms with van der Waals surface area (Å²) >= 11 is 0. The van der Waals surface area contributed by atoms with Gasteiger partial charge in [0.15, 0.2) is 0 Å². The van der Waals surface area contributed by atoms with Crippen LogP contribution in [0.1, 0.15) is 23.1 Å². The molecule has 0 spiro atoms. The van der Waals surface area contributed by atoms with E-state index in [9.17, 15) is 9.59 Å². The van der Waals surface area contributed by atoms with Gasteiger partial charge in [0, 0.05) is 24.8 Å². The number of aromatic nitrogens is 1.